The van der Waals surface area contributed by atoms with Gasteiger partial charge in [0.05, 0.1) is 0 Å². The van der Waals surface area contributed by atoms with Crippen LogP contribution in [0.5, 0.6) is 0 Å². The first-order chi connectivity index (χ1) is 15.8. The number of hydrogen-bond donors (Lipinski definition) is 1. The van der Waals surface area contributed by atoms with Gasteiger partial charge in [-0.05, 0) is 134 Å². The van der Waals surface area contributed by atoms with E-state index in [2.05, 4.69) is 50.3 Å². The highest BCUT2D eigenvalue weighted by molar-refractivity contribution is 14.1. The second kappa shape index (κ2) is 6.96. The van der Waals surface area contributed by atoms with Crippen LogP contribution in [-0.2, 0) is 0 Å². The summed E-state index contributed by atoms with van der Waals surface area (Å²) in [6.07, 6.45) is 19.6. The van der Waals surface area contributed by atoms with Gasteiger partial charge >= 0.3 is 0 Å². The van der Waals surface area contributed by atoms with Crippen LogP contribution >= 0.6 is 22.6 Å². The fraction of sp³-hybridized carbons (Fsp3) is 1.00. The SMILES string of the molecule is CCCCCCC1CC(C)C(C)C2(C3CCC(CN)CC4C3C23C2CC25CCC453)C(C)(I)C1. The van der Waals surface area contributed by atoms with Gasteiger partial charge < -0.3 is 5.73 Å². The van der Waals surface area contributed by atoms with E-state index >= 15 is 0 Å². The van der Waals surface area contributed by atoms with Crippen LogP contribution in [0.3, 0.4) is 0 Å². The Balaban J connectivity index is 1.28. The summed E-state index contributed by atoms with van der Waals surface area (Å²) in [5.74, 6) is 7.93. The molecule has 4 spiro atoms. The van der Waals surface area contributed by atoms with Gasteiger partial charge in [0.25, 0.3) is 0 Å². The molecule has 0 bridgehead atoms. The summed E-state index contributed by atoms with van der Waals surface area (Å²) in [5, 5.41) is 0. The number of hydrogen-bond acceptors (Lipinski definition) is 1. The zero-order valence-corrected chi connectivity index (χ0v) is 24.1. The molecule has 0 saturated heterocycles. The molecule has 0 aliphatic heterocycles. The van der Waals surface area contributed by atoms with Crippen LogP contribution in [0.2, 0.25) is 0 Å². The first-order valence-electron chi connectivity index (χ1n) is 15.2. The largest absolute Gasteiger partial charge is 0.330 e. The highest BCUT2D eigenvalue weighted by atomic mass is 127. The van der Waals surface area contributed by atoms with Crippen LogP contribution in [0.1, 0.15) is 111 Å². The molecule has 13 atom stereocenters. The number of fused-ring (bicyclic) bond motifs is 1. The van der Waals surface area contributed by atoms with E-state index in [0.29, 0.717) is 8.84 Å². The third kappa shape index (κ3) is 2.11. The summed E-state index contributed by atoms with van der Waals surface area (Å²) in [6.45, 7) is 11.6. The molecule has 13 unspecified atom stereocenters. The second-order valence-corrected chi connectivity index (χ2v) is 17.3. The third-order valence-electron chi connectivity index (χ3n) is 14.6. The molecule has 186 valence electrons. The maximum absolute atomic E-state index is 6.38. The second-order valence-electron chi connectivity index (χ2n) is 14.9. The molecule has 0 amide bonds. The van der Waals surface area contributed by atoms with Gasteiger partial charge in [0.1, 0.15) is 0 Å². The van der Waals surface area contributed by atoms with E-state index in [1.54, 1.807) is 19.3 Å². The van der Waals surface area contributed by atoms with Crippen LogP contribution < -0.4 is 5.73 Å². The van der Waals surface area contributed by atoms with Crippen LogP contribution in [-0.4, -0.2) is 9.97 Å². The van der Waals surface area contributed by atoms with E-state index in [1.807, 2.05) is 0 Å². The van der Waals surface area contributed by atoms with E-state index < -0.39 is 0 Å². The maximum atomic E-state index is 6.38. The minimum Gasteiger partial charge on any atom is -0.330 e. The lowest BCUT2D eigenvalue weighted by atomic mass is 9.05. The molecule has 0 heterocycles. The molecule has 2 heteroatoms. The molecule has 0 aromatic heterocycles. The Morgan fingerprint density at radius 2 is 1.73 bits per heavy atom. The average Bonchev–Trinajstić information content (AvgIpc) is 3.51. The van der Waals surface area contributed by atoms with Gasteiger partial charge in [-0.15, -0.1) is 0 Å². The minimum absolute atomic E-state index is 0.483. The number of alkyl halides is 1. The van der Waals surface area contributed by atoms with E-state index in [4.69, 9.17) is 5.73 Å². The van der Waals surface area contributed by atoms with Crippen molar-refractivity contribution in [2.45, 2.75) is 115 Å². The zero-order valence-electron chi connectivity index (χ0n) is 22.0. The standard InChI is InChI=1S/C31H50IN/c1-5-6-7-8-9-21-14-19(2)20(3)30(27(4,32)16-21)23-11-10-22(18-33)15-24-26(23)31(30)25-17-28(25)12-13-29(24,28)31/h19-26H,5-18,33H2,1-4H3. The van der Waals surface area contributed by atoms with Crippen LogP contribution in [0, 0.1) is 69.0 Å². The van der Waals surface area contributed by atoms with Crippen LogP contribution in [0.4, 0.5) is 0 Å². The van der Waals surface area contributed by atoms with Crippen molar-refractivity contribution in [1.82, 2.24) is 0 Å². The van der Waals surface area contributed by atoms with Gasteiger partial charge in [-0.1, -0.05) is 75.5 Å². The molecule has 7 fully saturated rings. The molecular weight excluding hydrogens is 513 g/mol. The van der Waals surface area contributed by atoms with Crippen molar-refractivity contribution in [2.24, 2.45) is 74.7 Å². The predicted molar refractivity (Wildman–Crippen MR) is 146 cm³/mol. The van der Waals surface area contributed by atoms with Crippen LogP contribution in [0.25, 0.3) is 0 Å². The van der Waals surface area contributed by atoms with Gasteiger partial charge in [-0.25, -0.2) is 0 Å². The smallest absolute Gasteiger partial charge is 0.0264 e. The molecule has 7 aliphatic rings. The van der Waals surface area contributed by atoms with Crippen molar-refractivity contribution in [3.05, 3.63) is 0 Å². The Bertz CT molecular complexity index is 837. The quantitative estimate of drug-likeness (QED) is 0.197. The summed E-state index contributed by atoms with van der Waals surface area (Å²) in [5.41, 5.74) is 9.39. The molecule has 7 rings (SSSR count). The summed E-state index contributed by atoms with van der Waals surface area (Å²) in [4.78, 5) is 0. The highest BCUT2D eigenvalue weighted by Gasteiger charge is 3.08. The fourth-order valence-corrected chi connectivity index (χ4v) is 16.1. The van der Waals surface area contributed by atoms with Gasteiger partial charge in [0, 0.05) is 3.42 Å². The molecule has 2 N–H and O–H groups in total. The van der Waals surface area contributed by atoms with Gasteiger partial charge in [0.2, 0.25) is 0 Å². The van der Waals surface area contributed by atoms with Gasteiger partial charge in [-0.3, -0.25) is 0 Å². The van der Waals surface area contributed by atoms with Crippen molar-refractivity contribution >= 4 is 22.6 Å². The highest BCUT2D eigenvalue weighted by Crippen LogP contribution is 3.12. The lowest BCUT2D eigenvalue weighted by Gasteiger charge is -2.99. The molecule has 0 aromatic rings. The lowest BCUT2D eigenvalue weighted by Crippen LogP contribution is -2.96. The third-order valence-corrected chi connectivity index (χ3v) is 15.9. The summed E-state index contributed by atoms with van der Waals surface area (Å²) >= 11 is 3.10. The molecule has 7 saturated carbocycles. The Morgan fingerprint density at radius 3 is 2.42 bits per heavy atom. The Labute approximate surface area is 217 Å². The molecule has 0 aromatic carbocycles. The van der Waals surface area contributed by atoms with Crippen molar-refractivity contribution in [3.63, 3.8) is 0 Å². The molecule has 1 nitrogen and oxygen atoms in total. The Kier molecular flexibility index (Phi) is 4.82. The van der Waals surface area contributed by atoms with Crippen molar-refractivity contribution in [3.8, 4) is 0 Å². The van der Waals surface area contributed by atoms with Crippen LogP contribution in [0.15, 0.2) is 0 Å². The Hall–Kier alpha value is 0.690. The molecule has 7 aliphatic carbocycles. The zero-order chi connectivity index (χ0) is 23.0. The normalized spacial score (nSPS) is 63.8. The molecular formula is C31H50IN. The minimum atomic E-state index is 0.483. The summed E-state index contributed by atoms with van der Waals surface area (Å²) in [6, 6.07) is 0. The van der Waals surface area contributed by atoms with E-state index in [9.17, 15) is 0 Å². The number of rotatable bonds is 6. The Morgan fingerprint density at radius 1 is 0.909 bits per heavy atom. The predicted octanol–water partition coefficient (Wildman–Crippen LogP) is 8.24. The van der Waals surface area contributed by atoms with Crippen molar-refractivity contribution < 1.29 is 0 Å². The van der Waals surface area contributed by atoms with E-state index in [0.717, 1.165) is 70.1 Å². The molecule has 33 heavy (non-hydrogen) atoms. The van der Waals surface area contributed by atoms with Crippen molar-refractivity contribution in [2.75, 3.05) is 6.54 Å². The maximum Gasteiger partial charge on any atom is 0.0264 e. The summed E-state index contributed by atoms with van der Waals surface area (Å²) < 4.78 is 0.483. The lowest BCUT2D eigenvalue weighted by molar-refractivity contribution is -0.515. The first kappa shape index (κ1) is 22.9. The van der Waals surface area contributed by atoms with Gasteiger partial charge in [-0.2, -0.15) is 0 Å². The number of unbranched alkanes of at least 4 members (excludes halogenated alkanes) is 3. The monoisotopic (exact) mass is 563 g/mol. The topological polar surface area (TPSA) is 26.0 Å². The van der Waals surface area contributed by atoms with Crippen molar-refractivity contribution in [1.29, 1.82) is 0 Å². The van der Waals surface area contributed by atoms with Gasteiger partial charge in [0.15, 0.2) is 0 Å². The summed E-state index contributed by atoms with van der Waals surface area (Å²) in [7, 11) is 0. The number of nitrogens with two attached hydrogens (primary N) is 1. The molecule has 0 radical (unpaired) electrons. The number of halogens is 1. The van der Waals surface area contributed by atoms with E-state index in [-0.39, 0.29) is 0 Å². The fourth-order valence-electron chi connectivity index (χ4n) is 14.1. The average molecular weight is 564 g/mol. The first-order valence-corrected chi connectivity index (χ1v) is 16.3. The van der Waals surface area contributed by atoms with E-state index in [1.165, 1.54) is 64.2 Å².